The summed E-state index contributed by atoms with van der Waals surface area (Å²) in [6, 6.07) is 13.4. The van der Waals surface area contributed by atoms with E-state index in [-0.39, 0.29) is 12.1 Å². The first-order valence-electron chi connectivity index (χ1n) is 9.49. The van der Waals surface area contributed by atoms with E-state index in [0.717, 1.165) is 40.8 Å². The number of hydrogen-bond acceptors (Lipinski definition) is 3. The number of aromatic amines is 1. The molecule has 3 aromatic rings. The minimum absolute atomic E-state index is 0.245. The molecule has 4 rings (SSSR count). The highest BCUT2D eigenvalue weighted by molar-refractivity contribution is 6.31. The Bertz CT molecular complexity index is 997. The van der Waals surface area contributed by atoms with Gasteiger partial charge in [0, 0.05) is 28.2 Å². The molecule has 2 aromatic carbocycles. The number of ether oxygens (including phenoxy) is 2. The Morgan fingerprint density at radius 1 is 1.25 bits per heavy atom. The van der Waals surface area contributed by atoms with Gasteiger partial charge < -0.3 is 14.5 Å². The third-order valence-corrected chi connectivity index (χ3v) is 5.42. The Hall–Kier alpha value is -2.66. The van der Waals surface area contributed by atoms with Gasteiger partial charge >= 0.3 is 6.09 Å². The molecule has 0 spiro atoms. The Kier molecular flexibility index (Phi) is 5.18. The summed E-state index contributed by atoms with van der Waals surface area (Å²) in [5.74, 6) is 0.781. The van der Waals surface area contributed by atoms with Crippen LogP contribution in [0.5, 0.6) is 5.75 Å². The van der Waals surface area contributed by atoms with Crippen LogP contribution >= 0.6 is 11.6 Å². The average Bonchev–Trinajstić information content (AvgIpc) is 3.09. The fourth-order valence-electron chi connectivity index (χ4n) is 3.86. The summed E-state index contributed by atoms with van der Waals surface area (Å²) in [5.41, 5.74) is 4.25. The van der Waals surface area contributed by atoms with Gasteiger partial charge in [0.25, 0.3) is 0 Å². The van der Waals surface area contributed by atoms with Gasteiger partial charge in [0.1, 0.15) is 11.8 Å². The van der Waals surface area contributed by atoms with E-state index in [1.807, 2.05) is 49.4 Å². The molecule has 0 saturated carbocycles. The van der Waals surface area contributed by atoms with E-state index in [4.69, 9.17) is 21.1 Å². The maximum absolute atomic E-state index is 12.8. The van der Waals surface area contributed by atoms with Crippen molar-refractivity contribution in [2.75, 3.05) is 20.3 Å². The summed E-state index contributed by atoms with van der Waals surface area (Å²) in [7, 11) is 1.64. The number of aromatic nitrogens is 1. The van der Waals surface area contributed by atoms with Crippen molar-refractivity contribution in [1.29, 1.82) is 0 Å². The van der Waals surface area contributed by atoms with Crippen molar-refractivity contribution in [2.24, 2.45) is 0 Å². The molecule has 1 unspecified atom stereocenters. The van der Waals surface area contributed by atoms with E-state index in [1.165, 1.54) is 5.56 Å². The molecule has 5 nitrogen and oxygen atoms in total. The highest BCUT2D eigenvalue weighted by Crippen LogP contribution is 2.39. The molecule has 0 radical (unpaired) electrons. The summed E-state index contributed by atoms with van der Waals surface area (Å²) in [5, 5.41) is 1.82. The molecule has 1 N–H and O–H groups in total. The first kappa shape index (κ1) is 18.7. The zero-order valence-electron chi connectivity index (χ0n) is 16.0. The number of halogens is 1. The van der Waals surface area contributed by atoms with Gasteiger partial charge in [0.2, 0.25) is 0 Å². The van der Waals surface area contributed by atoms with Crippen LogP contribution in [0, 0.1) is 0 Å². The number of amides is 1. The molecule has 28 heavy (non-hydrogen) atoms. The Morgan fingerprint density at radius 3 is 2.75 bits per heavy atom. The monoisotopic (exact) mass is 398 g/mol. The first-order valence-corrected chi connectivity index (χ1v) is 9.87. The van der Waals surface area contributed by atoms with Crippen molar-refractivity contribution in [1.82, 2.24) is 9.88 Å². The van der Waals surface area contributed by atoms with Gasteiger partial charge in [-0.1, -0.05) is 30.7 Å². The second-order valence-electron chi connectivity index (χ2n) is 6.94. The predicted molar refractivity (Wildman–Crippen MR) is 110 cm³/mol. The van der Waals surface area contributed by atoms with Crippen molar-refractivity contribution in [3.63, 3.8) is 0 Å². The number of benzene rings is 2. The maximum atomic E-state index is 12.8. The number of nitrogens with one attached hydrogen (secondary N) is 1. The molecule has 6 heteroatoms. The van der Waals surface area contributed by atoms with Gasteiger partial charge in [-0.25, -0.2) is 4.79 Å². The number of methoxy groups -OCH3 is 1. The van der Waals surface area contributed by atoms with Crippen LogP contribution < -0.4 is 4.74 Å². The van der Waals surface area contributed by atoms with Gasteiger partial charge in [-0.2, -0.15) is 0 Å². The molecule has 0 aliphatic carbocycles. The highest BCUT2D eigenvalue weighted by Gasteiger charge is 2.35. The van der Waals surface area contributed by atoms with Crippen LogP contribution in [0.25, 0.3) is 10.9 Å². The van der Waals surface area contributed by atoms with Crippen LogP contribution in [0.3, 0.4) is 0 Å². The number of rotatable bonds is 4. The van der Waals surface area contributed by atoms with Crippen LogP contribution in [-0.2, 0) is 11.2 Å². The Balaban J connectivity index is 1.82. The van der Waals surface area contributed by atoms with Gasteiger partial charge in [0.05, 0.1) is 13.7 Å². The van der Waals surface area contributed by atoms with Crippen LogP contribution in [0.1, 0.15) is 36.2 Å². The largest absolute Gasteiger partial charge is 0.497 e. The van der Waals surface area contributed by atoms with Gasteiger partial charge in [-0.3, -0.25) is 4.90 Å². The van der Waals surface area contributed by atoms with Crippen molar-refractivity contribution in [3.05, 3.63) is 64.3 Å². The number of nitrogens with zero attached hydrogens (tertiary/aromatic N) is 1. The normalized spacial score (nSPS) is 16.1. The van der Waals surface area contributed by atoms with Gasteiger partial charge in [-0.05, 0) is 54.3 Å². The first-order chi connectivity index (χ1) is 13.6. The summed E-state index contributed by atoms with van der Waals surface area (Å²) in [6.45, 7) is 3.00. The summed E-state index contributed by atoms with van der Waals surface area (Å²) in [4.78, 5) is 18.1. The number of H-pyrrole nitrogens is 1. The van der Waals surface area contributed by atoms with E-state index >= 15 is 0 Å². The number of carbonyl (C=O) groups excluding carboxylic acids is 1. The van der Waals surface area contributed by atoms with E-state index < -0.39 is 0 Å². The standard InChI is InChI=1S/C22H23ClN2O3/c1-3-12-28-22(26)25-11-10-17-18-13-15(23)6-9-19(18)24-20(17)21(25)14-4-7-16(27-2)8-5-14/h4-9,13,21,24H,3,10-12H2,1-2H3. The molecule has 146 valence electrons. The van der Waals surface area contributed by atoms with E-state index in [0.29, 0.717) is 18.2 Å². The summed E-state index contributed by atoms with van der Waals surface area (Å²) in [6.07, 6.45) is 1.26. The molecule has 1 aliphatic heterocycles. The predicted octanol–water partition coefficient (Wildman–Crippen LogP) is 5.32. The summed E-state index contributed by atoms with van der Waals surface area (Å²) >= 11 is 6.23. The maximum Gasteiger partial charge on any atom is 0.410 e. The zero-order chi connectivity index (χ0) is 19.7. The third-order valence-electron chi connectivity index (χ3n) is 5.18. The third kappa shape index (κ3) is 3.31. The van der Waals surface area contributed by atoms with Crippen LogP contribution in [-0.4, -0.2) is 36.2 Å². The molecule has 1 atom stereocenters. The van der Waals surface area contributed by atoms with Crippen molar-refractivity contribution in [3.8, 4) is 5.75 Å². The summed E-state index contributed by atoms with van der Waals surface area (Å²) < 4.78 is 10.7. The van der Waals surface area contributed by atoms with Gasteiger partial charge in [-0.15, -0.1) is 0 Å². The second-order valence-corrected chi connectivity index (χ2v) is 7.38. The Morgan fingerprint density at radius 2 is 2.04 bits per heavy atom. The lowest BCUT2D eigenvalue weighted by Gasteiger charge is -2.35. The average molecular weight is 399 g/mol. The van der Waals surface area contributed by atoms with Crippen molar-refractivity contribution >= 4 is 28.6 Å². The Labute approximate surface area is 169 Å². The molecular formula is C22H23ClN2O3. The molecule has 1 aromatic heterocycles. The molecule has 0 saturated heterocycles. The molecule has 2 heterocycles. The van der Waals surface area contributed by atoms with Crippen LogP contribution in [0.15, 0.2) is 42.5 Å². The minimum atomic E-state index is -0.287. The van der Waals surface area contributed by atoms with Gasteiger partial charge in [0.15, 0.2) is 0 Å². The van der Waals surface area contributed by atoms with Crippen molar-refractivity contribution in [2.45, 2.75) is 25.8 Å². The molecule has 1 amide bonds. The minimum Gasteiger partial charge on any atom is -0.497 e. The van der Waals surface area contributed by atoms with E-state index in [1.54, 1.807) is 12.0 Å². The molecule has 1 aliphatic rings. The SMILES string of the molecule is CCCOC(=O)N1CCc2c([nH]c3ccc(Cl)cc23)C1c1ccc(OC)cc1. The number of hydrogen-bond donors (Lipinski definition) is 1. The topological polar surface area (TPSA) is 54.6 Å². The number of fused-ring (bicyclic) bond motifs is 3. The quantitative estimate of drug-likeness (QED) is 0.646. The smallest absolute Gasteiger partial charge is 0.410 e. The molecule has 0 fully saturated rings. The van der Waals surface area contributed by atoms with Crippen LogP contribution in [0.4, 0.5) is 4.79 Å². The lowest BCUT2D eigenvalue weighted by atomic mass is 9.92. The molecule has 0 bridgehead atoms. The second kappa shape index (κ2) is 7.76. The van der Waals surface area contributed by atoms with Crippen molar-refractivity contribution < 1.29 is 14.3 Å². The van der Waals surface area contributed by atoms with E-state index in [2.05, 4.69) is 4.98 Å². The lowest BCUT2D eigenvalue weighted by molar-refractivity contribution is 0.0889. The zero-order valence-corrected chi connectivity index (χ0v) is 16.8. The highest BCUT2D eigenvalue weighted by atomic mass is 35.5. The lowest BCUT2D eigenvalue weighted by Crippen LogP contribution is -2.41. The molecular weight excluding hydrogens is 376 g/mol. The van der Waals surface area contributed by atoms with Crippen LogP contribution in [0.2, 0.25) is 5.02 Å². The fourth-order valence-corrected chi connectivity index (χ4v) is 4.03. The number of carbonyl (C=O) groups is 1. The van der Waals surface area contributed by atoms with E-state index in [9.17, 15) is 4.79 Å². The fraction of sp³-hybridized carbons (Fsp3) is 0.318.